The Hall–Kier alpha value is -2.54. The molecule has 2 aromatic rings. The van der Waals surface area contributed by atoms with Gasteiger partial charge in [0.25, 0.3) is 0 Å². The third-order valence-electron chi connectivity index (χ3n) is 5.00. The fraction of sp³-hybridized carbons (Fsp3) is 0.409. The van der Waals surface area contributed by atoms with Crippen molar-refractivity contribution in [2.75, 3.05) is 31.8 Å². The SMILES string of the molecule is CCS(=O)(=O)CCCOc1cc(C)c2c(c1)CCOc1ccc(C(=O)OC)cc1-2. The van der Waals surface area contributed by atoms with Crippen molar-refractivity contribution in [1.29, 1.82) is 0 Å². The summed E-state index contributed by atoms with van der Waals surface area (Å²) in [6, 6.07) is 9.21. The molecule has 29 heavy (non-hydrogen) atoms. The van der Waals surface area contributed by atoms with E-state index in [2.05, 4.69) is 0 Å². The predicted octanol–water partition coefficient (Wildman–Crippen LogP) is 3.59. The largest absolute Gasteiger partial charge is 0.494 e. The maximum Gasteiger partial charge on any atom is 0.337 e. The van der Waals surface area contributed by atoms with Gasteiger partial charge in [0.05, 0.1) is 31.6 Å². The van der Waals surface area contributed by atoms with Gasteiger partial charge in [-0.1, -0.05) is 6.92 Å². The Labute approximate surface area is 171 Å². The molecule has 0 aliphatic carbocycles. The molecule has 1 aliphatic rings. The van der Waals surface area contributed by atoms with E-state index in [-0.39, 0.29) is 11.5 Å². The van der Waals surface area contributed by atoms with Crippen molar-refractivity contribution in [1.82, 2.24) is 0 Å². The van der Waals surface area contributed by atoms with Crippen LogP contribution in [-0.2, 0) is 21.0 Å². The van der Waals surface area contributed by atoms with E-state index in [1.165, 1.54) is 7.11 Å². The van der Waals surface area contributed by atoms with Gasteiger partial charge >= 0.3 is 5.97 Å². The number of methoxy groups -OCH3 is 1. The van der Waals surface area contributed by atoms with Crippen LogP contribution in [0.5, 0.6) is 11.5 Å². The molecule has 0 amide bonds. The van der Waals surface area contributed by atoms with E-state index in [4.69, 9.17) is 14.2 Å². The number of aryl methyl sites for hydroxylation is 1. The van der Waals surface area contributed by atoms with Gasteiger partial charge in [0.15, 0.2) is 0 Å². The minimum Gasteiger partial charge on any atom is -0.494 e. The summed E-state index contributed by atoms with van der Waals surface area (Å²) in [5, 5.41) is 0. The smallest absolute Gasteiger partial charge is 0.337 e. The van der Waals surface area contributed by atoms with Crippen LogP contribution < -0.4 is 9.47 Å². The van der Waals surface area contributed by atoms with Crippen LogP contribution in [0.4, 0.5) is 0 Å². The molecule has 0 atom stereocenters. The van der Waals surface area contributed by atoms with Crippen LogP contribution in [0.2, 0.25) is 0 Å². The molecule has 0 saturated heterocycles. The van der Waals surface area contributed by atoms with Gasteiger partial charge in [-0.05, 0) is 60.4 Å². The fourth-order valence-corrected chi connectivity index (χ4v) is 4.32. The molecule has 7 heteroatoms. The molecule has 2 aromatic carbocycles. The standard InChI is InChI=1S/C22H26O6S/c1-4-29(24,25)11-5-9-27-18-12-15(2)21-16(13-18)8-10-28-20-7-6-17(14-19(20)21)22(23)26-3/h6-7,12-14H,4-5,8-11H2,1-3H3. The number of ether oxygens (including phenoxy) is 3. The van der Waals surface area contributed by atoms with Crippen molar-refractivity contribution in [3.8, 4) is 22.6 Å². The number of carbonyl (C=O) groups excluding carboxylic acids is 1. The van der Waals surface area contributed by atoms with Gasteiger partial charge in [0.1, 0.15) is 21.3 Å². The zero-order chi connectivity index (χ0) is 21.0. The average Bonchev–Trinajstić information content (AvgIpc) is 2.89. The first-order valence-electron chi connectivity index (χ1n) is 9.67. The number of sulfone groups is 1. The van der Waals surface area contributed by atoms with Gasteiger partial charge in [0.2, 0.25) is 0 Å². The molecular weight excluding hydrogens is 392 g/mol. The Kier molecular flexibility index (Phi) is 6.47. The first-order valence-corrected chi connectivity index (χ1v) is 11.5. The highest BCUT2D eigenvalue weighted by molar-refractivity contribution is 7.91. The second-order valence-corrected chi connectivity index (χ2v) is 9.49. The number of rotatable bonds is 7. The van der Waals surface area contributed by atoms with Gasteiger partial charge in [-0.15, -0.1) is 0 Å². The van der Waals surface area contributed by atoms with Crippen LogP contribution >= 0.6 is 0 Å². The predicted molar refractivity (Wildman–Crippen MR) is 112 cm³/mol. The number of carbonyl (C=O) groups is 1. The summed E-state index contributed by atoms with van der Waals surface area (Å²) in [7, 11) is -1.62. The highest BCUT2D eigenvalue weighted by Gasteiger charge is 2.21. The Morgan fingerprint density at radius 1 is 1.21 bits per heavy atom. The summed E-state index contributed by atoms with van der Waals surface area (Å²) in [6.07, 6.45) is 1.17. The van der Waals surface area contributed by atoms with E-state index < -0.39 is 15.8 Å². The molecule has 156 valence electrons. The van der Waals surface area contributed by atoms with Crippen LogP contribution in [0.3, 0.4) is 0 Å². The molecule has 1 heterocycles. The third-order valence-corrected chi connectivity index (χ3v) is 6.79. The Morgan fingerprint density at radius 2 is 2.00 bits per heavy atom. The van der Waals surface area contributed by atoms with Gasteiger partial charge in [0, 0.05) is 17.7 Å². The second-order valence-electron chi connectivity index (χ2n) is 7.01. The van der Waals surface area contributed by atoms with Crippen LogP contribution in [0.1, 0.15) is 34.8 Å². The van der Waals surface area contributed by atoms with E-state index >= 15 is 0 Å². The molecule has 0 bridgehead atoms. The topological polar surface area (TPSA) is 78.9 Å². The minimum atomic E-state index is -2.98. The van der Waals surface area contributed by atoms with Crippen molar-refractivity contribution < 1.29 is 27.4 Å². The summed E-state index contributed by atoms with van der Waals surface area (Å²) in [5.74, 6) is 1.34. The molecule has 0 fully saturated rings. The molecule has 1 aliphatic heterocycles. The average molecular weight is 419 g/mol. The quantitative estimate of drug-likeness (QED) is 0.505. The lowest BCUT2D eigenvalue weighted by Crippen LogP contribution is -2.12. The molecule has 6 nitrogen and oxygen atoms in total. The lowest BCUT2D eigenvalue weighted by atomic mass is 9.92. The second kappa shape index (κ2) is 8.86. The van der Waals surface area contributed by atoms with E-state index in [0.29, 0.717) is 37.4 Å². The monoisotopic (exact) mass is 418 g/mol. The summed E-state index contributed by atoms with van der Waals surface area (Å²) < 4.78 is 39.8. The first kappa shape index (κ1) is 21.2. The molecule has 0 radical (unpaired) electrons. The summed E-state index contributed by atoms with van der Waals surface area (Å²) >= 11 is 0. The van der Waals surface area contributed by atoms with Crippen molar-refractivity contribution in [2.24, 2.45) is 0 Å². The molecule has 0 N–H and O–H groups in total. The van der Waals surface area contributed by atoms with Gasteiger partial charge < -0.3 is 14.2 Å². The Balaban J connectivity index is 1.86. The van der Waals surface area contributed by atoms with Gasteiger partial charge in [-0.25, -0.2) is 13.2 Å². The van der Waals surface area contributed by atoms with Crippen LogP contribution in [0.15, 0.2) is 30.3 Å². The van der Waals surface area contributed by atoms with Gasteiger partial charge in [-0.2, -0.15) is 0 Å². The maximum absolute atomic E-state index is 11.9. The fourth-order valence-electron chi connectivity index (χ4n) is 3.47. The van der Waals surface area contributed by atoms with E-state index in [1.54, 1.807) is 25.1 Å². The van der Waals surface area contributed by atoms with Crippen LogP contribution in [0.25, 0.3) is 11.1 Å². The molecule has 0 aromatic heterocycles. The molecule has 3 rings (SSSR count). The van der Waals surface area contributed by atoms with E-state index in [9.17, 15) is 13.2 Å². The van der Waals surface area contributed by atoms with Gasteiger partial charge in [-0.3, -0.25) is 0 Å². The van der Waals surface area contributed by atoms with Crippen LogP contribution in [-0.4, -0.2) is 46.2 Å². The minimum absolute atomic E-state index is 0.130. The van der Waals surface area contributed by atoms with Crippen molar-refractivity contribution >= 4 is 15.8 Å². The maximum atomic E-state index is 11.9. The number of benzene rings is 2. The molecule has 0 unspecified atom stereocenters. The van der Waals surface area contributed by atoms with Crippen molar-refractivity contribution in [2.45, 2.75) is 26.7 Å². The molecule has 0 saturated carbocycles. The lowest BCUT2D eigenvalue weighted by Gasteiger charge is -2.15. The number of hydrogen-bond acceptors (Lipinski definition) is 6. The van der Waals surface area contributed by atoms with E-state index in [1.807, 2.05) is 19.1 Å². The number of esters is 1. The molecular formula is C22H26O6S. The molecule has 0 spiro atoms. The normalized spacial score (nSPS) is 12.9. The van der Waals surface area contributed by atoms with E-state index in [0.717, 1.165) is 28.0 Å². The third kappa shape index (κ3) is 4.90. The Morgan fingerprint density at radius 3 is 2.72 bits per heavy atom. The zero-order valence-corrected chi connectivity index (χ0v) is 17.8. The first-order chi connectivity index (χ1) is 13.8. The van der Waals surface area contributed by atoms with Crippen LogP contribution in [0, 0.1) is 6.92 Å². The number of fused-ring (bicyclic) bond motifs is 3. The highest BCUT2D eigenvalue weighted by atomic mass is 32.2. The lowest BCUT2D eigenvalue weighted by molar-refractivity contribution is 0.0600. The Bertz CT molecular complexity index is 1010. The van der Waals surface area contributed by atoms with Crippen molar-refractivity contribution in [3.05, 3.63) is 47.0 Å². The zero-order valence-electron chi connectivity index (χ0n) is 17.0. The van der Waals surface area contributed by atoms with Crippen molar-refractivity contribution in [3.63, 3.8) is 0 Å². The summed E-state index contributed by atoms with van der Waals surface area (Å²) in [5.41, 5.74) is 4.44. The highest BCUT2D eigenvalue weighted by Crippen LogP contribution is 2.40. The summed E-state index contributed by atoms with van der Waals surface area (Å²) in [4.78, 5) is 11.9. The number of hydrogen-bond donors (Lipinski definition) is 0. The summed E-state index contributed by atoms with van der Waals surface area (Å²) in [6.45, 7) is 4.51.